The van der Waals surface area contributed by atoms with Gasteiger partial charge >= 0.3 is 0 Å². The smallest absolute Gasteiger partial charge is 0.276 e. The second-order valence-electron chi connectivity index (χ2n) is 7.12. The quantitative estimate of drug-likeness (QED) is 0.606. The van der Waals surface area contributed by atoms with Gasteiger partial charge in [0.05, 0.1) is 37.8 Å². The van der Waals surface area contributed by atoms with E-state index in [-0.39, 0.29) is 12.0 Å². The second kappa shape index (κ2) is 8.44. The third kappa shape index (κ3) is 4.45. The first-order valence-corrected chi connectivity index (χ1v) is 9.57. The summed E-state index contributed by atoms with van der Waals surface area (Å²) in [6, 6.07) is 7.63. The molecule has 1 saturated heterocycles. The maximum Gasteiger partial charge on any atom is 0.276 e. The lowest BCUT2D eigenvalue weighted by molar-refractivity contribution is 0.0778. The van der Waals surface area contributed by atoms with Crippen LogP contribution >= 0.6 is 0 Å². The van der Waals surface area contributed by atoms with E-state index in [4.69, 9.17) is 9.47 Å². The molecule has 0 radical (unpaired) electrons. The molecule has 0 N–H and O–H groups in total. The van der Waals surface area contributed by atoms with Crippen molar-refractivity contribution in [2.75, 3.05) is 20.8 Å². The summed E-state index contributed by atoms with van der Waals surface area (Å²) in [5.41, 5.74) is 2.13. The van der Waals surface area contributed by atoms with E-state index < -0.39 is 0 Å². The first kappa shape index (κ1) is 19.1. The fourth-order valence-corrected chi connectivity index (χ4v) is 3.36. The minimum Gasteiger partial charge on any atom is -0.497 e. The molecule has 0 unspecified atom stereocenters. The van der Waals surface area contributed by atoms with E-state index in [1.165, 1.54) is 0 Å². The van der Waals surface area contributed by atoms with Gasteiger partial charge in [-0.2, -0.15) is 5.10 Å². The van der Waals surface area contributed by atoms with Crippen LogP contribution in [0.5, 0.6) is 5.75 Å². The van der Waals surface area contributed by atoms with E-state index in [1.807, 2.05) is 30.5 Å². The number of aromatic nitrogens is 5. The Bertz CT molecular complexity index is 976. The summed E-state index contributed by atoms with van der Waals surface area (Å²) in [5, 5.41) is 12.5. The Morgan fingerprint density at radius 1 is 1.38 bits per heavy atom. The van der Waals surface area contributed by atoms with Gasteiger partial charge < -0.3 is 14.4 Å². The number of benzene rings is 1. The SMILES string of the molecule is COc1cccc(-n2cc(CN(C)C(=O)c3cn(C[C@H]4CCCO4)nn3)cn2)c1. The van der Waals surface area contributed by atoms with Gasteiger partial charge in [0.1, 0.15) is 5.75 Å². The van der Waals surface area contributed by atoms with Crippen molar-refractivity contribution in [1.29, 1.82) is 0 Å². The monoisotopic (exact) mass is 396 g/mol. The average Bonchev–Trinajstić information content (AvgIpc) is 3.50. The van der Waals surface area contributed by atoms with E-state index >= 15 is 0 Å². The maximum atomic E-state index is 12.7. The molecule has 3 heterocycles. The Labute approximate surface area is 168 Å². The number of hydrogen-bond acceptors (Lipinski definition) is 6. The van der Waals surface area contributed by atoms with Gasteiger partial charge in [-0.25, -0.2) is 9.36 Å². The van der Waals surface area contributed by atoms with Crippen molar-refractivity contribution in [3.05, 3.63) is 54.1 Å². The predicted octanol–water partition coefficient (Wildman–Crippen LogP) is 1.92. The lowest BCUT2D eigenvalue weighted by atomic mass is 10.2. The molecular weight excluding hydrogens is 372 g/mol. The molecule has 1 aliphatic heterocycles. The van der Waals surface area contributed by atoms with Crippen LogP contribution in [0.4, 0.5) is 0 Å². The Kier molecular flexibility index (Phi) is 5.57. The van der Waals surface area contributed by atoms with Crippen molar-refractivity contribution in [2.45, 2.75) is 32.0 Å². The Morgan fingerprint density at radius 3 is 3.07 bits per heavy atom. The fourth-order valence-electron chi connectivity index (χ4n) is 3.36. The summed E-state index contributed by atoms with van der Waals surface area (Å²) < 4.78 is 14.3. The molecule has 3 aromatic rings. The molecule has 152 valence electrons. The zero-order chi connectivity index (χ0) is 20.2. The number of carbonyl (C=O) groups is 1. The highest BCUT2D eigenvalue weighted by Crippen LogP contribution is 2.17. The van der Waals surface area contributed by atoms with Gasteiger partial charge in [0.2, 0.25) is 0 Å². The van der Waals surface area contributed by atoms with Crippen LogP contribution in [0.25, 0.3) is 5.69 Å². The van der Waals surface area contributed by atoms with Crippen LogP contribution in [0.15, 0.2) is 42.9 Å². The van der Waals surface area contributed by atoms with Crippen molar-refractivity contribution < 1.29 is 14.3 Å². The molecule has 0 bridgehead atoms. The summed E-state index contributed by atoms with van der Waals surface area (Å²) in [4.78, 5) is 14.3. The molecule has 29 heavy (non-hydrogen) atoms. The minimum absolute atomic E-state index is 0.153. The van der Waals surface area contributed by atoms with E-state index in [0.717, 1.165) is 36.4 Å². The number of rotatable bonds is 7. The number of hydrogen-bond donors (Lipinski definition) is 0. The van der Waals surface area contributed by atoms with Gasteiger partial charge in [0, 0.05) is 38.0 Å². The number of carbonyl (C=O) groups excluding carboxylic acids is 1. The summed E-state index contributed by atoms with van der Waals surface area (Å²) in [5.74, 6) is 0.579. The van der Waals surface area contributed by atoms with Crippen LogP contribution in [0.3, 0.4) is 0 Å². The molecule has 1 amide bonds. The van der Waals surface area contributed by atoms with E-state index in [1.54, 1.807) is 40.8 Å². The van der Waals surface area contributed by atoms with Gasteiger partial charge in [0.15, 0.2) is 5.69 Å². The molecule has 0 saturated carbocycles. The molecule has 4 rings (SSSR count). The van der Waals surface area contributed by atoms with E-state index in [0.29, 0.717) is 18.8 Å². The second-order valence-corrected chi connectivity index (χ2v) is 7.12. The highest BCUT2D eigenvalue weighted by molar-refractivity contribution is 5.91. The van der Waals surface area contributed by atoms with Gasteiger partial charge in [-0.15, -0.1) is 5.10 Å². The zero-order valence-corrected chi connectivity index (χ0v) is 16.6. The maximum absolute atomic E-state index is 12.7. The molecule has 0 aliphatic carbocycles. The van der Waals surface area contributed by atoms with Crippen molar-refractivity contribution in [1.82, 2.24) is 29.7 Å². The Hall–Kier alpha value is -3.20. The molecular formula is C20H24N6O3. The lowest BCUT2D eigenvalue weighted by Crippen LogP contribution is -2.26. The molecule has 9 heteroatoms. The molecule has 1 fully saturated rings. The van der Waals surface area contributed by atoms with Crippen molar-refractivity contribution >= 4 is 5.91 Å². The van der Waals surface area contributed by atoms with Crippen LogP contribution in [-0.2, 0) is 17.8 Å². The largest absolute Gasteiger partial charge is 0.497 e. The van der Waals surface area contributed by atoms with Crippen molar-refractivity contribution in [3.63, 3.8) is 0 Å². The fraction of sp³-hybridized carbons (Fsp3) is 0.400. The normalized spacial score (nSPS) is 16.1. The number of methoxy groups -OCH3 is 1. The number of amides is 1. The Morgan fingerprint density at radius 2 is 2.28 bits per heavy atom. The van der Waals surface area contributed by atoms with Gasteiger partial charge in [-0.05, 0) is 25.0 Å². The summed E-state index contributed by atoms with van der Waals surface area (Å²) in [7, 11) is 3.37. The molecule has 1 atom stereocenters. The van der Waals surface area contributed by atoms with E-state index in [2.05, 4.69) is 15.4 Å². The van der Waals surface area contributed by atoms with Crippen molar-refractivity contribution in [3.8, 4) is 11.4 Å². The first-order chi connectivity index (χ1) is 14.1. The highest BCUT2D eigenvalue weighted by Gasteiger charge is 2.20. The number of ether oxygens (including phenoxy) is 2. The molecule has 2 aromatic heterocycles. The molecule has 1 aromatic carbocycles. The standard InChI is InChI=1S/C20H24N6O3/c1-24(20(27)19-14-25(23-22-19)13-18-7-4-8-29-18)11-15-10-21-26(12-15)16-5-3-6-17(9-16)28-2/h3,5-6,9-10,12,14,18H,4,7-8,11,13H2,1-2H3/t18-/m1/s1. The Balaban J connectivity index is 1.39. The highest BCUT2D eigenvalue weighted by atomic mass is 16.5. The first-order valence-electron chi connectivity index (χ1n) is 9.57. The summed E-state index contributed by atoms with van der Waals surface area (Å²) in [6.07, 6.45) is 7.56. The molecule has 1 aliphatic rings. The summed E-state index contributed by atoms with van der Waals surface area (Å²) >= 11 is 0. The third-order valence-corrected chi connectivity index (χ3v) is 4.89. The van der Waals surface area contributed by atoms with Crippen LogP contribution in [-0.4, -0.2) is 62.4 Å². The van der Waals surface area contributed by atoms with Crippen LogP contribution in [0.2, 0.25) is 0 Å². The predicted molar refractivity (Wildman–Crippen MR) is 105 cm³/mol. The lowest BCUT2D eigenvalue weighted by Gasteiger charge is -2.14. The van der Waals surface area contributed by atoms with E-state index in [9.17, 15) is 4.79 Å². The zero-order valence-electron chi connectivity index (χ0n) is 16.6. The van der Waals surface area contributed by atoms with Gasteiger partial charge in [0.25, 0.3) is 5.91 Å². The van der Waals surface area contributed by atoms with Crippen LogP contribution < -0.4 is 4.74 Å². The minimum atomic E-state index is -0.183. The molecule has 0 spiro atoms. The van der Waals surface area contributed by atoms with Crippen molar-refractivity contribution in [2.24, 2.45) is 0 Å². The van der Waals surface area contributed by atoms with Crippen LogP contribution in [0.1, 0.15) is 28.9 Å². The number of nitrogens with zero attached hydrogens (tertiary/aromatic N) is 6. The van der Waals surface area contributed by atoms with Gasteiger partial charge in [-0.3, -0.25) is 4.79 Å². The molecule has 9 nitrogen and oxygen atoms in total. The van der Waals surface area contributed by atoms with Gasteiger partial charge in [-0.1, -0.05) is 11.3 Å². The third-order valence-electron chi connectivity index (χ3n) is 4.89. The summed E-state index contributed by atoms with van der Waals surface area (Å²) in [6.45, 7) is 1.83. The average molecular weight is 396 g/mol. The topological polar surface area (TPSA) is 87.3 Å². The van der Waals surface area contributed by atoms with Crippen LogP contribution in [0, 0.1) is 0 Å².